The zero-order valence-corrected chi connectivity index (χ0v) is 9.10. The Kier molecular flexibility index (Phi) is 2.04. The molecule has 0 aliphatic carbocycles. The normalized spacial score (nSPS) is 10.9. The highest BCUT2D eigenvalue weighted by Crippen LogP contribution is 2.25. The maximum atomic E-state index is 11.8. The van der Waals surface area contributed by atoms with Crippen LogP contribution < -0.4 is 5.56 Å². The van der Waals surface area contributed by atoms with E-state index in [4.69, 9.17) is 4.52 Å². The van der Waals surface area contributed by atoms with Crippen molar-refractivity contribution in [1.82, 2.24) is 15.4 Å². The number of aromatic nitrogens is 3. The molecule has 3 rings (SSSR count). The molecule has 17 heavy (non-hydrogen) atoms. The van der Waals surface area contributed by atoms with E-state index in [0.29, 0.717) is 22.4 Å². The number of hydrogen-bond donors (Lipinski definition) is 1. The SMILES string of the molecule is Cc1n[nH]c(=O)c2c(-c3ccccc3)noc12. The molecule has 0 unspecified atom stereocenters. The molecule has 0 saturated heterocycles. The van der Waals surface area contributed by atoms with Gasteiger partial charge in [-0.05, 0) is 6.92 Å². The Morgan fingerprint density at radius 2 is 2.00 bits per heavy atom. The molecule has 3 aromatic rings. The Bertz CT molecular complexity index is 728. The largest absolute Gasteiger partial charge is 0.353 e. The molecule has 5 heteroatoms. The number of hydrogen-bond acceptors (Lipinski definition) is 4. The van der Waals surface area contributed by atoms with Crippen molar-refractivity contribution >= 4 is 11.0 Å². The van der Waals surface area contributed by atoms with Gasteiger partial charge >= 0.3 is 0 Å². The van der Waals surface area contributed by atoms with Crippen molar-refractivity contribution < 1.29 is 4.52 Å². The van der Waals surface area contributed by atoms with Gasteiger partial charge in [-0.1, -0.05) is 35.5 Å². The van der Waals surface area contributed by atoms with E-state index in [1.807, 2.05) is 30.3 Å². The quantitative estimate of drug-likeness (QED) is 0.689. The van der Waals surface area contributed by atoms with E-state index in [-0.39, 0.29) is 5.56 Å². The van der Waals surface area contributed by atoms with Gasteiger partial charge in [0.2, 0.25) is 0 Å². The van der Waals surface area contributed by atoms with Gasteiger partial charge in [0.05, 0.1) is 0 Å². The molecule has 0 aliphatic rings. The standard InChI is InChI=1S/C12H9N3O2/c1-7-11-9(12(16)14-13-7)10(15-17-11)8-5-3-2-4-6-8/h2-6H,1H3,(H,14,16). The zero-order valence-electron chi connectivity index (χ0n) is 9.10. The average Bonchev–Trinajstić information content (AvgIpc) is 2.81. The van der Waals surface area contributed by atoms with Crippen LogP contribution in [0.3, 0.4) is 0 Å². The van der Waals surface area contributed by atoms with Crippen molar-refractivity contribution in [2.75, 3.05) is 0 Å². The van der Waals surface area contributed by atoms with E-state index in [1.165, 1.54) is 0 Å². The van der Waals surface area contributed by atoms with Gasteiger partial charge < -0.3 is 4.52 Å². The smallest absolute Gasteiger partial charge is 0.277 e. The molecule has 0 saturated carbocycles. The number of benzene rings is 1. The lowest BCUT2D eigenvalue weighted by atomic mass is 10.1. The number of nitrogens with one attached hydrogen (secondary N) is 1. The summed E-state index contributed by atoms with van der Waals surface area (Å²) in [5, 5.41) is 10.7. The first-order valence-corrected chi connectivity index (χ1v) is 5.17. The molecule has 0 spiro atoms. The van der Waals surface area contributed by atoms with Crippen LogP contribution in [0.25, 0.3) is 22.2 Å². The predicted molar refractivity (Wildman–Crippen MR) is 62.6 cm³/mol. The molecule has 2 heterocycles. The number of fused-ring (bicyclic) bond motifs is 1. The third-order valence-corrected chi connectivity index (χ3v) is 2.62. The third-order valence-electron chi connectivity index (χ3n) is 2.62. The Labute approximate surface area is 96.1 Å². The summed E-state index contributed by atoms with van der Waals surface area (Å²) in [6.45, 7) is 1.76. The van der Waals surface area contributed by atoms with Crippen molar-refractivity contribution in [1.29, 1.82) is 0 Å². The van der Waals surface area contributed by atoms with Crippen molar-refractivity contribution in [3.8, 4) is 11.3 Å². The molecular formula is C12H9N3O2. The van der Waals surface area contributed by atoms with Gasteiger partial charge in [0, 0.05) is 5.56 Å². The predicted octanol–water partition coefficient (Wildman–Crippen LogP) is 1.89. The highest BCUT2D eigenvalue weighted by molar-refractivity contribution is 5.91. The Morgan fingerprint density at radius 1 is 1.24 bits per heavy atom. The molecule has 0 amide bonds. The van der Waals surface area contributed by atoms with Gasteiger partial charge in [-0.15, -0.1) is 0 Å². The van der Waals surface area contributed by atoms with Crippen LogP contribution in [-0.2, 0) is 0 Å². The van der Waals surface area contributed by atoms with E-state index >= 15 is 0 Å². The second kappa shape index (κ2) is 3.55. The molecule has 0 fully saturated rings. The minimum atomic E-state index is -0.286. The van der Waals surface area contributed by atoms with E-state index in [1.54, 1.807) is 6.92 Å². The van der Waals surface area contributed by atoms with Crippen LogP contribution in [0.2, 0.25) is 0 Å². The fraction of sp³-hybridized carbons (Fsp3) is 0.0833. The van der Waals surface area contributed by atoms with E-state index in [0.717, 1.165) is 5.56 Å². The molecule has 0 bridgehead atoms. The van der Waals surface area contributed by atoms with Gasteiger partial charge in [0.25, 0.3) is 5.56 Å². The third kappa shape index (κ3) is 1.44. The molecule has 2 aromatic heterocycles. The lowest BCUT2D eigenvalue weighted by Crippen LogP contribution is -2.09. The first-order chi connectivity index (χ1) is 8.27. The number of nitrogens with zero attached hydrogens (tertiary/aromatic N) is 2. The molecule has 5 nitrogen and oxygen atoms in total. The van der Waals surface area contributed by atoms with Crippen LogP contribution in [0.1, 0.15) is 5.69 Å². The van der Waals surface area contributed by atoms with E-state index < -0.39 is 0 Å². The Morgan fingerprint density at radius 3 is 2.76 bits per heavy atom. The van der Waals surface area contributed by atoms with Gasteiger partial charge in [-0.3, -0.25) is 4.79 Å². The van der Waals surface area contributed by atoms with Crippen molar-refractivity contribution in [3.63, 3.8) is 0 Å². The van der Waals surface area contributed by atoms with Crippen LogP contribution >= 0.6 is 0 Å². The van der Waals surface area contributed by atoms with Crippen molar-refractivity contribution in [3.05, 3.63) is 46.4 Å². The van der Waals surface area contributed by atoms with E-state index in [9.17, 15) is 4.79 Å². The minimum Gasteiger partial charge on any atom is -0.353 e. The number of aromatic amines is 1. The summed E-state index contributed by atoms with van der Waals surface area (Å²) in [4.78, 5) is 11.8. The molecular weight excluding hydrogens is 218 g/mol. The summed E-state index contributed by atoms with van der Waals surface area (Å²) in [6.07, 6.45) is 0. The first-order valence-electron chi connectivity index (χ1n) is 5.17. The monoisotopic (exact) mass is 227 g/mol. The Balaban J connectivity index is 2.40. The summed E-state index contributed by atoms with van der Waals surface area (Å²) in [6, 6.07) is 9.44. The summed E-state index contributed by atoms with van der Waals surface area (Å²) in [5.41, 5.74) is 2.17. The van der Waals surface area contributed by atoms with Gasteiger partial charge in [-0.25, -0.2) is 5.10 Å². The fourth-order valence-corrected chi connectivity index (χ4v) is 1.78. The van der Waals surface area contributed by atoms with Crippen LogP contribution in [0.15, 0.2) is 39.6 Å². The summed E-state index contributed by atoms with van der Waals surface area (Å²) in [7, 11) is 0. The van der Waals surface area contributed by atoms with Crippen LogP contribution in [0, 0.1) is 6.92 Å². The maximum absolute atomic E-state index is 11.8. The lowest BCUT2D eigenvalue weighted by molar-refractivity contribution is 0.456. The van der Waals surface area contributed by atoms with Crippen molar-refractivity contribution in [2.24, 2.45) is 0 Å². The summed E-state index contributed by atoms with van der Waals surface area (Å²) >= 11 is 0. The average molecular weight is 227 g/mol. The topological polar surface area (TPSA) is 71.8 Å². The maximum Gasteiger partial charge on any atom is 0.277 e. The summed E-state index contributed by atoms with van der Waals surface area (Å²) in [5.74, 6) is 0. The number of aryl methyl sites for hydroxylation is 1. The van der Waals surface area contributed by atoms with Crippen molar-refractivity contribution in [2.45, 2.75) is 6.92 Å². The molecule has 84 valence electrons. The van der Waals surface area contributed by atoms with Gasteiger partial charge in [0.1, 0.15) is 16.8 Å². The first kappa shape index (κ1) is 9.77. The Hall–Kier alpha value is -2.43. The highest BCUT2D eigenvalue weighted by atomic mass is 16.5. The summed E-state index contributed by atoms with van der Waals surface area (Å²) < 4.78 is 5.18. The zero-order chi connectivity index (χ0) is 11.8. The molecule has 0 radical (unpaired) electrons. The van der Waals surface area contributed by atoms with Gasteiger partial charge in [-0.2, -0.15) is 5.10 Å². The van der Waals surface area contributed by atoms with Crippen LogP contribution in [0.4, 0.5) is 0 Å². The fourth-order valence-electron chi connectivity index (χ4n) is 1.78. The van der Waals surface area contributed by atoms with Gasteiger partial charge in [0.15, 0.2) is 5.58 Å². The molecule has 0 atom stereocenters. The lowest BCUT2D eigenvalue weighted by Gasteiger charge is -1.95. The minimum absolute atomic E-state index is 0.286. The second-order valence-electron chi connectivity index (χ2n) is 3.74. The number of H-pyrrole nitrogens is 1. The molecule has 0 aliphatic heterocycles. The highest BCUT2D eigenvalue weighted by Gasteiger charge is 2.15. The van der Waals surface area contributed by atoms with E-state index in [2.05, 4.69) is 15.4 Å². The molecule has 1 aromatic carbocycles. The molecule has 1 N–H and O–H groups in total. The number of rotatable bonds is 1. The van der Waals surface area contributed by atoms with Crippen LogP contribution in [-0.4, -0.2) is 15.4 Å². The second-order valence-corrected chi connectivity index (χ2v) is 3.74. The van der Waals surface area contributed by atoms with Crippen LogP contribution in [0.5, 0.6) is 0 Å².